The number of anilines is 1. The third-order valence-corrected chi connectivity index (χ3v) is 4.06. The number of methoxy groups -OCH3 is 1. The molecule has 0 bridgehead atoms. The van der Waals surface area contributed by atoms with Gasteiger partial charge in [-0.25, -0.2) is 8.78 Å². The molecular weight excluding hydrogens is 380 g/mol. The minimum atomic E-state index is -1.08. The lowest BCUT2D eigenvalue weighted by Gasteiger charge is -2.10. The van der Waals surface area contributed by atoms with Crippen LogP contribution in [0.4, 0.5) is 14.5 Å². The molecule has 6 nitrogen and oxygen atoms in total. The average molecular weight is 397 g/mol. The Hall–Kier alpha value is -3.81. The van der Waals surface area contributed by atoms with Gasteiger partial charge in [0.1, 0.15) is 11.4 Å². The molecule has 2 amide bonds. The van der Waals surface area contributed by atoms with Crippen LogP contribution in [0, 0.1) is 11.6 Å². The van der Waals surface area contributed by atoms with Gasteiger partial charge >= 0.3 is 0 Å². The largest absolute Gasteiger partial charge is 0.496 e. The van der Waals surface area contributed by atoms with E-state index in [-0.39, 0.29) is 23.5 Å². The Bertz CT molecular complexity index is 1060. The highest BCUT2D eigenvalue weighted by Gasteiger charge is 2.13. The van der Waals surface area contributed by atoms with E-state index in [1.165, 1.54) is 24.4 Å². The first kappa shape index (κ1) is 19.9. The van der Waals surface area contributed by atoms with Crippen molar-refractivity contribution in [3.05, 3.63) is 89.2 Å². The van der Waals surface area contributed by atoms with E-state index in [2.05, 4.69) is 15.6 Å². The topological polar surface area (TPSA) is 80.3 Å². The Labute approximate surface area is 165 Å². The number of pyridine rings is 1. The van der Waals surface area contributed by atoms with Crippen molar-refractivity contribution in [3.8, 4) is 5.75 Å². The lowest BCUT2D eigenvalue weighted by molar-refractivity contribution is 0.0950. The highest BCUT2D eigenvalue weighted by Crippen LogP contribution is 2.17. The molecule has 29 heavy (non-hydrogen) atoms. The summed E-state index contributed by atoms with van der Waals surface area (Å²) in [5.74, 6) is -2.51. The smallest absolute Gasteiger partial charge is 0.274 e. The number of halogens is 2. The molecule has 0 unspecified atom stereocenters. The van der Waals surface area contributed by atoms with Crippen LogP contribution in [0.25, 0.3) is 0 Å². The minimum Gasteiger partial charge on any atom is -0.496 e. The highest BCUT2D eigenvalue weighted by atomic mass is 19.2. The first-order valence-electron chi connectivity index (χ1n) is 8.60. The van der Waals surface area contributed by atoms with Crippen LogP contribution in [-0.4, -0.2) is 23.9 Å². The number of rotatable bonds is 6. The molecule has 1 heterocycles. The maximum absolute atomic E-state index is 13.3. The van der Waals surface area contributed by atoms with Crippen molar-refractivity contribution >= 4 is 17.5 Å². The van der Waals surface area contributed by atoms with Gasteiger partial charge in [-0.15, -0.1) is 0 Å². The summed E-state index contributed by atoms with van der Waals surface area (Å²) in [4.78, 5) is 28.7. The van der Waals surface area contributed by atoms with E-state index in [1.807, 2.05) is 18.2 Å². The van der Waals surface area contributed by atoms with E-state index in [0.29, 0.717) is 5.75 Å². The number of hydrogen-bond donors (Lipinski definition) is 2. The molecule has 0 spiro atoms. The molecule has 8 heteroatoms. The number of carbonyl (C=O) groups excluding carboxylic acids is 2. The summed E-state index contributed by atoms with van der Waals surface area (Å²) < 4.78 is 31.5. The van der Waals surface area contributed by atoms with Gasteiger partial charge in [-0.2, -0.15) is 0 Å². The van der Waals surface area contributed by atoms with Gasteiger partial charge in [0.25, 0.3) is 11.8 Å². The van der Waals surface area contributed by atoms with Crippen molar-refractivity contribution in [1.29, 1.82) is 0 Å². The molecule has 2 aromatic carbocycles. The van der Waals surface area contributed by atoms with Crippen molar-refractivity contribution in [2.24, 2.45) is 0 Å². The second-order valence-electron chi connectivity index (χ2n) is 6.01. The number of carbonyl (C=O) groups is 2. The molecule has 0 fully saturated rings. The lowest BCUT2D eigenvalue weighted by atomic mass is 10.1. The van der Waals surface area contributed by atoms with Crippen LogP contribution in [0.5, 0.6) is 5.75 Å². The van der Waals surface area contributed by atoms with Gasteiger partial charge in [0.05, 0.1) is 7.11 Å². The molecule has 1 aromatic heterocycles. The van der Waals surface area contributed by atoms with E-state index in [1.54, 1.807) is 13.2 Å². The second kappa shape index (κ2) is 8.92. The van der Waals surface area contributed by atoms with Crippen LogP contribution in [0.1, 0.15) is 26.4 Å². The van der Waals surface area contributed by atoms with Crippen LogP contribution in [0.3, 0.4) is 0 Å². The fourth-order valence-electron chi connectivity index (χ4n) is 2.59. The Morgan fingerprint density at radius 3 is 2.55 bits per heavy atom. The highest BCUT2D eigenvalue weighted by molar-refractivity contribution is 6.04. The van der Waals surface area contributed by atoms with E-state index in [4.69, 9.17) is 4.74 Å². The summed E-state index contributed by atoms with van der Waals surface area (Å²) in [7, 11) is 1.54. The monoisotopic (exact) mass is 397 g/mol. The van der Waals surface area contributed by atoms with Gasteiger partial charge in [-0.05, 0) is 30.3 Å². The third kappa shape index (κ3) is 4.92. The fourth-order valence-corrected chi connectivity index (χ4v) is 2.59. The lowest BCUT2D eigenvalue weighted by Crippen LogP contribution is -2.24. The number of benzene rings is 2. The molecule has 0 saturated heterocycles. The molecular formula is C21H17F2N3O3. The summed E-state index contributed by atoms with van der Waals surface area (Å²) in [6, 6.07) is 13.0. The van der Waals surface area contributed by atoms with Crippen molar-refractivity contribution in [2.45, 2.75) is 6.54 Å². The first-order chi connectivity index (χ1) is 14.0. The molecule has 0 saturated carbocycles. The number of ether oxygens (including phenoxy) is 1. The van der Waals surface area contributed by atoms with Crippen molar-refractivity contribution in [1.82, 2.24) is 10.3 Å². The Morgan fingerprint density at radius 2 is 1.79 bits per heavy atom. The van der Waals surface area contributed by atoms with E-state index < -0.39 is 23.4 Å². The Kier molecular flexibility index (Phi) is 6.13. The number of aromatic nitrogens is 1. The SMILES string of the molecule is COc1ccccc1CNC(=O)c1ccnc(C(=O)Nc2ccc(F)c(F)c2)c1. The molecule has 3 aromatic rings. The van der Waals surface area contributed by atoms with Crippen LogP contribution < -0.4 is 15.4 Å². The summed E-state index contributed by atoms with van der Waals surface area (Å²) in [5, 5.41) is 5.16. The van der Waals surface area contributed by atoms with E-state index in [9.17, 15) is 18.4 Å². The number of hydrogen-bond acceptors (Lipinski definition) is 4. The number of nitrogens with one attached hydrogen (secondary N) is 2. The predicted molar refractivity (Wildman–Crippen MR) is 103 cm³/mol. The Balaban J connectivity index is 1.68. The van der Waals surface area contributed by atoms with Crippen LogP contribution in [-0.2, 0) is 6.54 Å². The molecule has 2 N–H and O–H groups in total. The standard InChI is InChI=1S/C21H17F2N3O3/c1-29-19-5-3-2-4-14(19)12-25-20(27)13-8-9-24-18(10-13)21(28)26-15-6-7-16(22)17(23)11-15/h2-11H,12H2,1H3,(H,25,27)(H,26,28). The maximum Gasteiger partial charge on any atom is 0.274 e. The van der Waals surface area contributed by atoms with E-state index >= 15 is 0 Å². The van der Waals surface area contributed by atoms with Crippen molar-refractivity contribution < 1.29 is 23.1 Å². The van der Waals surface area contributed by atoms with Gasteiger partial charge in [-0.1, -0.05) is 18.2 Å². The zero-order chi connectivity index (χ0) is 20.8. The Morgan fingerprint density at radius 1 is 1.00 bits per heavy atom. The van der Waals surface area contributed by atoms with E-state index in [0.717, 1.165) is 17.7 Å². The molecule has 3 rings (SSSR count). The summed E-state index contributed by atoms with van der Waals surface area (Å²) >= 11 is 0. The zero-order valence-electron chi connectivity index (χ0n) is 15.4. The fraction of sp³-hybridized carbons (Fsp3) is 0.0952. The number of para-hydroxylation sites is 1. The first-order valence-corrected chi connectivity index (χ1v) is 8.60. The number of amides is 2. The molecule has 0 aliphatic heterocycles. The van der Waals surface area contributed by atoms with Crippen LogP contribution in [0.15, 0.2) is 60.8 Å². The molecule has 0 radical (unpaired) electrons. The third-order valence-electron chi connectivity index (χ3n) is 4.06. The van der Waals surface area contributed by atoms with Crippen molar-refractivity contribution in [3.63, 3.8) is 0 Å². The average Bonchev–Trinajstić information content (AvgIpc) is 2.74. The van der Waals surface area contributed by atoms with Gasteiger partial charge in [0, 0.05) is 35.6 Å². The minimum absolute atomic E-state index is 0.0420. The van der Waals surface area contributed by atoms with Crippen molar-refractivity contribution in [2.75, 3.05) is 12.4 Å². The second-order valence-corrected chi connectivity index (χ2v) is 6.01. The van der Waals surface area contributed by atoms with Crippen LogP contribution in [0.2, 0.25) is 0 Å². The predicted octanol–water partition coefficient (Wildman–Crippen LogP) is 3.55. The molecule has 0 aliphatic rings. The van der Waals surface area contributed by atoms with Gasteiger partial charge in [0.15, 0.2) is 11.6 Å². The summed E-state index contributed by atoms with van der Waals surface area (Å²) in [6.07, 6.45) is 1.32. The van der Waals surface area contributed by atoms with Gasteiger partial charge in [-0.3, -0.25) is 14.6 Å². The molecule has 0 atom stereocenters. The maximum atomic E-state index is 13.3. The molecule has 0 aliphatic carbocycles. The summed E-state index contributed by atoms with van der Waals surface area (Å²) in [6.45, 7) is 0.238. The van der Waals surface area contributed by atoms with Gasteiger partial charge < -0.3 is 15.4 Å². The number of nitrogens with zero attached hydrogens (tertiary/aromatic N) is 1. The molecule has 148 valence electrons. The summed E-state index contributed by atoms with van der Waals surface area (Å²) in [5.41, 5.74) is 1.06. The normalized spacial score (nSPS) is 10.3. The van der Waals surface area contributed by atoms with Crippen LogP contribution >= 0.6 is 0 Å². The van der Waals surface area contributed by atoms with Gasteiger partial charge in [0.2, 0.25) is 0 Å². The zero-order valence-corrected chi connectivity index (χ0v) is 15.4. The quantitative estimate of drug-likeness (QED) is 0.667.